The Kier molecular flexibility index (Phi) is 7.63. The summed E-state index contributed by atoms with van der Waals surface area (Å²) in [6, 6.07) is 6.76. The molecule has 6 heteroatoms. The van der Waals surface area contributed by atoms with Crippen molar-refractivity contribution >= 4 is 17.2 Å². The van der Waals surface area contributed by atoms with E-state index in [1.807, 2.05) is 0 Å². The molecule has 0 aliphatic rings. The van der Waals surface area contributed by atoms with Gasteiger partial charge >= 0.3 is 5.69 Å². The third-order valence-electron chi connectivity index (χ3n) is 4.73. The maximum absolute atomic E-state index is 12.5. The van der Waals surface area contributed by atoms with Crippen LogP contribution in [0.4, 0.5) is 0 Å². The third kappa shape index (κ3) is 5.07. The van der Waals surface area contributed by atoms with Gasteiger partial charge in [-0.1, -0.05) is 57.6 Å². The number of aromatic nitrogens is 2. The second-order valence-corrected chi connectivity index (χ2v) is 6.81. The molecule has 0 amide bonds. The normalized spacial score (nSPS) is 12.0. The van der Waals surface area contributed by atoms with Gasteiger partial charge in [0.25, 0.3) is 11.7 Å². The molecule has 0 saturated heterocycles. The van der Waals surface area contributed by atoms with Gasteiger partial charge in [-0.3, -0.25) is 0 Å². The average Bonchev–Trinajstić information content (AvgIpc) is 2.65. The molecule has 0 aliphatic heterocycles. The Balaban J connectivity index is 1.97. The lowest BCUT2D eigenvalue weighted by molar-refractivity contribution is -0.485. The van der Waals surface area contributed by atoms with Crippen molar-refractivity contribution in [2.24, 2.45) is 0 Å². The zero-order chi connectivity index (χ0) is 18.9. The Morgan fingerprint density at radius 2 is 1.73 bits per heavy atom. The summed E-state index contributed by atoms with van der Waals surface area (Å²) in [6.07, 6.45) is 10.6. The molecular weight excluding hydrogens is 330 g/mol. The third-order valence-corrected chi connectivity index (χ3v) is 4.73. The van der Waals surface area contributed by atoms with Gasteiger partial charge in [-0.2, -0.15) is 4.73 Å². The molecule has 1 N–H and O–H groups in total. The van der Waals surface area contributed by atoms with Crippen LogP contribution in [0.1, 0.15) is 69.7 Å². The van der Waals surface area contributed by atoms with Crippen LogP contribution in [0.2, 0.25) is 0 Å². The van der Waals surface area contributed by atoms with Gasteiger partial charge in [0, 0.05) is 17.4 Å². The molecule has 0 spiro atoms. The number of hydrogen-bond donors (Lipinski definition) is 1. The van der Waals surface area contributed by atoms with Crippen LogP contribution < -0.4 is 4.43 Å². The number of rotatable bonds is 10. The summed E-state index contributed by atoms with van der Waals surface area (Å²) in [6.45, 7) is 4.18. The highest BCUT2D eigenvalue weighted by atomic mass is 16.5. The van der Waals surface area contributed by atoms with E-state index < -0.39 is 0 Å². The predicted octanol–water partition coefficient (Wildman–Crippen LogP) is 4.17. The van der Waals surface area contributed by atoms with Crippen molar-refractivity contribution in [2.75, 3.05) is 6.54 Å². The van der Waals surface area contributed by atoms with Crippen molar-refractivity contribution in [1.29, 1.82) is 0 Å². The molecule has 1 heterocycles. The van der Waals surface area contributed by atoms with E-state index >= 15 is 0 Å². The van der Waals surface area contributed by atoms with Crippen LogP contribution in [0.15, 0.2) is 24.3 Å². The summed E-state index contributed by atoms with van der Waals surface area (Å²) in [5, 5.41) is 22.4. The molecule has 6 nitrogen and oxygen atoms in total. The van der Waals surface area contributed by atoms with Crippen molar-refractivity contribution in [2.45, 2.75) is 65.2 Å². The lowest BCUT2D eigenvalue weighted by Crippen LogP contribution is -2.29. The number of para-hydroxylation sites is 2. The Hall–Kier alpha value is -2.37. The minimum absolute atomic E-state index is 0.167. The fourth-order valence-electron chi connectivity index (χ4n) is 3.13. The second-order valence-electron chi connectivity index (χ2n) is 6.81. The van der Waals surface area contributed by atoms with Crippen molar-refractivity contribution in [3.8, 4) is 0 Å². The lowest BCUT2D eigenvalue weighted by Gasteiger charge is -2.06. The van der Waals surface area contributed by atoms with E-state index in [1.54, 1.807) is 31.2 Å². The molecular formula is C20H30N3O3+. The van der Waals surface area contributed by atoms with Crippen molar-refractivity contribution in [3.05, 3.63) is 45.8 Å². The van der Waals surface area contributed by atoms with Gasteiger partial charge in [0.2, 0.25) is 0 Å². The van der Waals surface area contributed by atoms with Gasteiger partial charge in [-0.15, -0.1) is 0 Å². The van der Waals surface area contributed by atoms with Crippen LogP contribution in [-0.2, 0) is 0 Å². The van der Waals surface area contributed by atoms with E-state index in [9.17, 15) is 15.3 Å². The highest BCUT2D eigenvalue weighted by Gasteiger charge is 2.23. The highest BCUT2D eigenvalue weighted by molar-refractivity contribution is 5.77. The number of benzene rings is 1. The van der Waals surface area contributed by atoms with E-state index in [4.69, 9.17) is 0 Å². The van der Waals surface area contributed by atoms with Crippen LogP contribution in [-0.4, -0.2) is 27.4 Å². The van der Waals surface area contributed by atoms with Crippen LogP contribution >= 0.6 is 0 Å². The molecule has 1 aromatic heterocycles. The number of unbranched alkanes of at least 4 members (excludes halogenated alkanes) is 7. The maximum atomic E-state index is 12.5. The summed E-state index contributed by atoms with van der Waals surface area (Å²) < 4.78 is 2.46. The van der Waals surface area contributed by atoms with E-state index in [2.05, 4.69) is 6.92 Å². The van der Waals surface area contributed by atoms with Gasteiger partial charge in [-0.05, 0) is 19.4 Å². The largest absolute Gasteiger partial charge is 0.624 e. The summed E-state index contributed by atoms with van der Waals surface area (Å²) in [4.78, 5) is 12.5. The first-order chi connectivity index (χ1) is 12.6. The van der Waals surface area contributed by atoms with Gasteiger partial charge in [0.05, 0.1) is 4.43 Å². The fourth-order valence-corrected chi connectivity index (χ4v) is 3.13. The molecule has 0 unspecified atom stereocenters. The molecule has 0 saturated carbocycles. The quantitative estimate of drug-likeness (QED) is 0.173. The number of hydroxylamine groups is 1. The minimum atomic E-state index is 0.167. The SMILES string of the molecule is CCCCCCCCCC[N+]([O-])=Cc1c(C)n(O)c2ccccc2[n+]1=O. The molecule has 0 radical (unpaired) electrons. The van der Waals surface area contributed by atoms with E-state index in [-0.39, 0.29) is 5.69 Å². The van der Waals surface area contributed by atoms with Crippen LogP contribution in [0.3, 0.4) is 0 Å². The molecule has 0 bridgehead atoms. The van der Waals surface area contributed by atoms with Gasteiger partial charge < -0.3 is 10.4 Å². The average molecular weight is 360 g/mol. The smallest absolute Gasteiger partial charge is 0.349 e. The number of nitrogens with zero attached hydrogens (tertiary/aromatic N) is 3. The van der Waals surface area contributed by atoms with Crippen molar-refractivity contribution in [1.82, 2.24) is 4.73 Å². The number of hydrogen-bond acceptors (Lipinski definition) is 3. The van der Waals surface area contributed by atoms with Gasteiger partial charge in [0.15, 0.2) is 12.1 Å². The summed E-state index contributed by atoms with van der Waals surface area (Å²) >= 11 is 0. The molecule has 1 aromatic carbocycles. The molecule has 26 heavy (non-hydrogen) atoms. The van der Waals surface area contributed by atoms with Crippen molar-refractivity contribution < 1.29 is 14.4 Å². The van der Waals surface area contributed by atoms with Crippen LogP contribution in [0, 0.1) is 17.0 Å². The standard InChI is InChI=1S/C20H30N3O3/c1-3-4-5-6-7-8-9-12-15-21(24)16-20-17(2)22(25)18-13-10-11-14-19(18)23(20)26/h10-11,13-14,16,25H,3-9,12,15H2,1-2H3/q+1. The summed E-state index contributed by atoms with van der Waals surface area (Å²) in [5.41, 5.74) is 1.25. The lowest BCUT2D eigenvalue weighted by atomic mass is 10.1. The fraction of sp³-hybridized carbons (Fsp3) is 0.550. The first-order valence-corrected chi connectivity index (χ1v) is 9.61. The monoisotopic (exact) mass is 360 g/mol. The van der Waals surface area contributed by atoms with Crippen LogP contribution in [0.5, 0.6) is 0 Å². The van der Waals surface area contributed by atoms with E-state index in [1.165, 1.54) is 38.3 Å². The van der Waals surface area contributed by atoms with Gasteiger partial charge in [-0.25, -0.2) is 4.74 Å². The summed E-state index contributed by atoms with van der Waals surface area (Å²) in [5.74, 6) is 0. The molecule has 0 aliphatic carbocycles. The Labute approximate surface area is 154 Å². The molecule has 2 aromatic rings. The first kappa shape index (κ1) is 19.9. The molecule has 0 atom stereocenters. The second kappa shape index (κ2) is 9.94. The number of fused-ring (bicyclic) bond motifs is 1. The van der Waals surface area contributed by atoms with Gasteiger partial charge in [0.1, 0.15) is 5.69 Å². The molecule has 2 rings (SSSR count). The molecule has 142 valence electrons. The maximum Gasteiger partial charge on any atom is 0.349 e. The van der Waals surface area contributed by atoms with E-state index in [0.717, 1.165) is 28.7 Å². The summed E-state index contributed by atoms with van der Waals surface area (Å²) in [7, 11) is 0. The Morgan fingerprint density at radius 1 is 1.12 bits per heavy atom. The van der Waals surface area contributed by atoms with Crippen molar-refractivity contribution in [3.63, 3.8) is 0 Å². The molecule has 0 fully saturated rings. The minimum Gasteiger partial charge on any atom is -0.624 e. The Morgan fingerprint density at radius 3 is 2.42 bits per heavy atom. The predicted molar refractivity (Wildman–Crippen MR) is 103 cm³/mol. The highest BCUT2D eigenvalue weighted by Crippen LogP contribution is 2.12. The topological polar surface area (TPSA) is 74.2 Å². The zero-order valence-electron chi connectivity index (χ0n) is 15.9. The first-order valence-electron chi connectivity index (χ1n) is 9.61. The Bertz CT molecular complexity index is 812. The van der Waals surface area contributed by atoms with E-state index in [0.29, 0.717) is 27.7 Å². The zero-order valence-corrected chi connectivity index (χ0v) is 15.9. The van der Waals surface area contributed by atoms with Crippen LogP contribution in [0.25, 0.3) is 11.0 Å².